The fraction of sp³-hybridized carbons (Fsp3) is 0.0513. The van der Waals surface area contributed by atoms with E-state index in [4.69, 9.17) is 4.42 Å². The molecule has 3 nitrogen and oxygen atoms in total. The highest BCUT2D eigenvalue weighted by molar-refractivity contribution is 5.86. The molecular weight excluding hydrogens is 512 g/mol. The van der Waals surface area contributed by atoms with Crippen molar-refractivity contribution in [3.8, 4) is 33.7 Å². The zero-order valence-corrected chi connectivity index (χ0v) is 23.7. The van der Waals surface area contributed by atoms with Crippen molar-refractivity contribution >= 4 is 28.2 Å². The van der Waals surface area contributed by atoms with E-state index in [9.17, 15) is 0 Å². The van der Waals surface area contributed by atoms with Crippen LogP contribution >= 0.6 is 0 Å². The molecule has 0 radical (unpaired) electrons. The molecule has 202 valence electrons. The quantitative estimate of drug-likeness (QED) is 0.209. The fourth-order valence-corrected chi connectivity index (χ4v) is 5.40. The Morgan fingerprint density at radius 2 is 0.881 bits per heavy atom. The first-order valence-corrected chi connectivity index (χ1v) is 14.2. The van der Waals surface area contributed by atoms with Crippen molar-refractivity contribution in [1.29, 1.82) is 0 Å². The van der Waals surface area contributed by atoms with Crippen LogP contribution in [0.5, 0.6) is 0 Å². The van der Waals surface area contributed by atoms with Gasteiger partial charge in [0, 0.05) is 22.6 Å². The van der Waals surface area contributed by atoms with Gasteiger partial charge in [-0.2, -0.15) is 0 Å². The van der Waals surface area contributed by atoms with Gasteiger partial charge in [0.25, 0.3) is 0 Å². The standard InChI is InChI=1S/C39H30N2O/c1-27-11-21-32(22-12-27)41(33-23-13-28(2)14-24-33)34-25-19-30(20-26-34)36-8-4-3-7-35(36)29-15-17-31(18-16-29)39-40-37-9-5-6-10-38(37)42-39/h3-26H,1-2H3. The fourth-order valence-electron chi connectivity index (χ4n) is 5.40. The second-order valence-corrected chi connectivity index (χ2v) is 10.7. The smallest absolute Gasteiger partial charge is 0.227 e. The summed E-state index contributed by atoms with van der Waals surface area (Å²) < 4.78 is 5.98. The summed E-state index contributed by atoms with van der Waals surface area (Å²) in [5, 5.41) is 0. The molecule has 0 aliphatic rings. The minimum atomic E-state index is 0.637. The molecule has 1 aromatic heterocycles. The van der Waals surface area contributed by atoms with Gasteiger partial charge < -0.3 is 9.32 Å². The average Bonchev–Trinajstić information content (AvgIpc) is 3.48. The van der Waals surface area contributed by atoms with E-state index in [1.807, 2.05) is 24.3 Å². The maximum atomic E-state index is 5.98. The van der Waals surface area contributed by atoms with Gasteiger partial charge in [-0.1, -0.05) is 96.1 Å². The van der Waals surface area contributed by atoms with Crippen LogP contribution < -0.4 is 4.90 Å². The average molecular weight is 543 g/mol. The molecule has 0 bridgehead atoms. The van der Waals surface area contributed by atoms with E-state index in [0.717, 1.165) is 39.3 Å². The van der Waals surface area contributed by atoms with Crippen molar-refractivity contribution in [2.24, 2.45) is 0 Å². The van der Waals surface area contributed by atoms with Gasteiger partial charge in [0.1, 0.15) is 5.52 Å². The topological polar surface area (TPSA) is 29.3 Å². The van der Waals surface area contributed by atoms with E-state index < -0.39 is 0 Å². The minimum Gasteiger partial charge on any atom is -0.436 e. The highest BCUT2D eigenvalue weighted by atomic mass is 16.3. The lowest BCUT2D eigenvalue weighted by atomic mass is 9.94. The van der Waals surface area contributed by atoms with Gasteiger partial charge in [-0.15, -0.1) is 0 Å². The van der Waals surface area contributed by atoms with Crippen molar-refractivity contribution in [2.45, 2.75) is 13.8 Å². The van der Waals surface area contributed by atoms with Crippen LogP contribution in [0.4, 0.5) is 17.1 Å². The van der Waals surface area contributed by atoms with E-state index in [1.165, 1.54) is 27.8 Å². The molecule has 7 rings (SSSR count). The number of nitrogens with zero attached hydrogens (tertiary/aromatic N) is 2. The van der Waals surface area contributed by atoms with E-state index >= 15 is 0 Å². The van der Waals surface area contributed by atoms with Crippen molar-refractivity contribution in [2.75, 3.05) is 4.90 Å². The van der Waals surface area contributed by atoms with Crippen molar-refractivity contribution in [3.63, 3.8) is 0 Å². The Bertz CT molecular complexity index is 1890. The van der Waals surface area contributed by atoms with E-state index in [1.54, 1.807) is 0 Å². The Morgan fingerprint density at radius 3 is 1.40 bits per heavy atom. The summed E-state index contributed by atoms with van der Waals surface area (Å²) in [4.78, 5) is 6.96. The Kier molecular flexibility index (Phi) is 6.61. The number of oxazole rings is 1. The van der Waals surface area contributed by atoms with Gasteiger partial charge in [0.15, 0.2) is 5.58 Å². The summed E-state index contributed by atoms with van der Waals surface area (Å²) in [5.41, 5.74) is 13.2. The van der Waals surface area contributed by atoms with Crippen molar-refractivity contribution in [1.82, 2.24) is 4.98 Å². The second kappa shape index (κ2) is 10.9. The molecule has 0 unspecified atom stereocenters. The number of hydrogen-bond donors (Lipinski definition) is 0. The number of aromatic nitrogens is 1. The highest BCUT2D eigenvalue weighted by Crippen LogP contribution is 2.38. The summed E-state index contributed by atoms with van der Waals surface area (Å²) in [7, 11) is 0. The van der Waals surface area contributed by atoms with Crippen LogP contribution in [-0.2, 0) is 0 Å². The van der Waals surface area contributed by atoms with Gasteiger partial charge >= 0.3 is 0 Å². The molecule has 0 atom stereocenters. The predicted molar refractivity (Wildman–Crippen MR) is 174 cm³/mol. The Morgan fingerprint density at radius 1 is 0.452 bits per heavy atom. The maximum Gasteiger partial charge on any atom is 0.227 e. The molecule has 0 fully saturated rings. The van der Waals surface area contributed by atoms with Crippen LogP contribution in [0.3, 0.4) is 0 Å². The Balaban J connectivity index is 1.22. The molecule has 0 saturated heterocycles. The minimum absolute atomic E-state index is 0.637. The predicted octanol–water partition coefficient (Wildman–Crippen LogP) is 10.9. The summed E-state index contributed by atoms with van der Waals surface area (Å²) in [6.07, 6.45) is 0. The first-order chi connectivity index (χ1) is 20.6. The van der Waals surface area contributed by atoms with Crippen LogP contribution in [0.2, 0.25) is 0 Å². The van der Waals surface area contributed by atoms with Gasteiger partial charge in [0.2, 0.25) is 5.89 Å². The van der Waals surface area contributed by atoms with Gasteiger partial charge in [-0.25, -0.2) is 4.98 Å². The van der Waals surface area contributed by atoms with Crippen LogP contribution in [-0.4, -0.2) is 4.98 Å². The molecule has 0 aliphatic heterocycles. The first-order valence-electron chi connectivity index (χ1n) is 14.2. The molecular formula is C39H30N2O. The summed E-state index contributed by atoms with van der Waals surface area (Å²) >= 11 is 0. The summed E-state index contributed by atoms with van der Waals surface area (Å²) in [6.45, 7) is 4.24. The summed E-state index contributed by atoms with van der Waals surface area (Å²) in [5.74, 6) is 0.637. The number of benzene rings is 6. The molecule has 3 heteroatoms. The second-order valence-electron chi connectivity index (χ2n) is 10.7. The van der Waals surface area contributed by atoms with E-state index in [2.05, 4.69) is 145 Å². The van der Waals surface area contributed by atoms with Crippen molar-refractivity contribution < 1.29 is 4.42 Å². The molecule has 0 spiro atoms. The number of fused-ring (bicyclic) bond motifs is 1. The molecule has 42 heavy (non-hydrogen) atoms. The number of rotatable bonds is 6. The number of anilines is 3. The van der Waals surface area contributed by atoms with Crippen molar-refractivity contribution in [3.05, 3.63) is 157 Å². The third-order valence-electron chi connectivity index (χ3n) is 7.68. The van der Waals surface area contributed by atoms with Crippen LogP contribution in [0, 0.1) is 13.8 Å². The van der Waals surface area contributed by atoms with Gasteiger partial charge in [-0.05, 0) is 96.8 Å². The molecule has 0 amide bonds. The SMILES string of the molecule is Cc1ccc(N(c2ccc(C)cc2)c2ccc(-c3ccccc3-c3ccc(-c4nc5ccccc5o4)cc3)cc2)cc1. The number of aryl methyl sites for hydroxylation is 2. The van der Waals surface area contributed by atoms with Gasteiger partial charge in [-0.3, -0.25) is 0 Å². The molecule has 0 saturated carbocycles. The maximum absolute atomic E-state index is 5.98. The molecule has 0 aliphatic carbocycles. The summed E-state index contributed by atoms with van der Waals surface area (Å²) in [6, 6.07) is 51.1. The highest BCUT2D eigenvalue weighted by Gasteiger charge is 2.14. The zero-order chi connectivity index (χ0) is 28.5. The lowest BCUT2D eigenvalue weighted by Crippen LogP contribution is -2.09. The molecule has 7 aromatic rings. The lowest BCUT2D eigenvalue weighted by Gasteiger charge is -2.26. The Hall–Kier alpha value is -5.41. The van der Waals surface area contributed by atoms with Crippen LogP contribution in [0.25, 0.3) is 44.8 Å². The van der Waals surface area contributed by atoms with E-state index in [-0.39, 0.29) is 0 Å². The monoisotopic (exact) mass is 542 g/mol. The number of hydrogen-bond acceptors (Lipinski definition) is 3. The van der Waals surface area contributed by atoms with Gasteiger partial charge in [0.05, 0.1) is 0 Å². The first kappa shape index (κ1) is 25.6. The normalized spacial score (nSPS) is 11.1. The zero-order valence-electron chi connectivity index (χ0n) is 23.7. The van der Waals surface area contributed by atoms with Crippen LogP contribution in [0.15, 0.2) is 150 Å². The van der Waals surface area contributed by atoms with Crippen LogP contribution in [0.1, 0.15) is 11.1 Å². The third kappa shape index (κ3) is 4.97. The molecule has 6 aromatic carbocycles. The Labute approximate surface area is 246 Å². The van der Waals surface area contributed by atoms with E-state index in [0.29, 0.717) is 5.89 Å². The largest absolute Gasteiger partial charge is 0.436 e. The third-order valence-corrected chi connectivity index (χ3v) is 7.68. The molecule has 1 heterocycles. The molecule has 0 N–H and O–H groups in total. The number of para-hydroxylation sites is 2. The lowest BCUT2D eigenvalue weighted by molar-refractivity contribution is 0.620.